The minimum Gasteiger partial charge on any atom is -0.480 e. The molecule has 0 heterocycles. The predicted octanol–water partition coefficient (Wildman–Crippen LogP) is 1.22. The topological polar surface area (TPSA) is 101 Å². The molecule has 1 aromatic rings. The molecule has 0 aliphatic carbocycles. The molecule has 0 aliphatic rings. The smallest absolute Gasteiger partial charge is 0.326 e. The lowest BCUT2D eigenvalue weighted by Gasteiger charge is -2.15. The lowest BCUT2D eigenvalue weighted by atomic mass is 10.1. The first-order chi connectivity index (χ1) is 9.61. The summed E-state index contributed by atoms with van der Waals surface area (Å²) in [5.74, 6) is -2.08. The number of carboxylic acid groups (broad SMARTS) is 1. The van der Waals surface area contributed by atoms with Gasteiger partial charge in [-0.15, -0.1) is 0 Å². The molecule has 0 saturated heterocycles. The van der Waals surface area contributed by atoms with Gasteiger partial charge in [0, 0.05) is 9.83 Å². The van der Waals surface area contributed by atoms with E-state index in [0.717, 1.165) is 15.4 Å². The number of sulfone groups is 1. The minimum absolute atomic E-state index is 0.164. The van der Waals surface area contributed by atoms with Crippen LogP contribution in [0.15, 0.2) is 18.2 Å². The highest BCUT2D eigenvalue weighted by Crippen LogP contribution is 2.16. The molecule has 1 aromatic carbocycles. The highest BCUT2D eigenvalue weighted by atomic mass is 127. The van der Waals surface area contributed by atoms with Crippen molar-refractivity contribution in [2.24, 2.45) is 0 Å². The second-order valence-electron chi connectivity index (χ2n) is 4.72. The molecule has 0 bridgehead atoms. The van der Waals surface area contributed by atoms with E-state index in [2.05, 4.69) is 5.32 Å². The van der Waals surface area contributed by atoms with E-state index in [4.69, 9.17) is 5.11 Å². The second kappa shape index (κ2) is 7.21. The molecule has 2 N–H and O–H groups in total. The van der Waals surface area contributed by atoms with Crippen LogP contribution in [0.2, 0.25) is 0 Å². The van der Waals surface area contributed by atoms with Crippen LogP contribution in [-0.2, 0) is 14.6 Å². The highest BCUT2D eigenvalue weighted by molar-refractivity contribution is 14.1. The normalized spacial score (nSPS) is 12.7. The summed E-state index contributed by atoms with van der Waals surface area (Å²) in [6.07, 6.45) is 0.861. The summed E-state index contributed by atoms with van der Waals surface area (Å²) in [5, 5.41) is 11.4. The Balaban J connectivity index is 2.86. The molecule has 0 aliphatic heterocycles. The molecule has 0 saturated carbocycles. The summed E-state index contributed by atoms with van der Waals surface area (Å²) in [6.45, 7) is 1.84. The molecular formula is C13H16INO5S. The lowest BCUT2D eigenvalue weighted by molar-refractivity contribution is -0.139. The maximum atomic E-state index is 12.1. The number of hydrogen-bond acceptors (Lipinski definition) is 4. The number of carbonyl (C=O) groups is 2. The standard InChI is InChI=1S/C13H16INO5S/c1-8-4-3-5-9(11(8)14)12(16)15-10(13(17)18)6-7-21(2,19)20/h3-5,10H,6-7H2,1-2H3,(H,15,16)(H,17,18). The Labute approximate surface area is 137 Å². The Morgan fingerprint density at radius 2 is 2.00 bits per heavy atom. The average molecular weight is 425 g/mol. The molecule has 6 nitrogen and oxygen atoms in total. The first-order valence-corrected chi connectivity index (χ1v) is 9.22. The number of nitrogens with one attached hydrogen (secondary N) is 1. The summed E-state index contributed by atoms with van der Waals surface area (Å²) in [7, 11) is -3.28. The zero-order chi connectivity index (χ0) is 16.2. The Morgan fingerprint density at radius 3 is 2.52 bits per heavy atom. The van der Waals surface area contributed by atoms with Gasteiger partial charge in [0.15, 0.2) is 0 Å². The average Bonchev–Trinajstić information content (AvgIpc) is 2.36. The van der Waals surface area contributed by atoms with Crippen molar-refractivity contribution in [3.63, 3.8) is 0 Å². The van der Waals surface area contributed by atoms with Crippen LogP contribution >= 0.6 is 22.6 Å². The van der Waals surface area contributed by atoms with Gasteiger partial charge in [-0.2, -0.15) is 0 Å². The fourth-order valence-electron chi connectivity index (χ4n) is 1.65. The van der Waals surface area contributed by atoms with Gasteiger partial charge in [-0.3, -0.25) is 4.79 Å². The van der Waals surface area contributed by atoms with Gasteiger partial charge < -0.3 is 10.4 Å². The molecule has 1 unspecified atom stereocenters. The molecule has 0 aromatic heterocycles. The predicted molar refractivity (Wildman–Crippen MR) is 87.1 cm³/mol. The zero-order valence-electron chi connectivity index (χ0n) is 11.6. The van der Waals surface area contributed by atoms with Gasteiger partial charge in [0.2, 0.25) is 0 Å². The van der Waals surface area contributed by atoms with Gasteiger partial charge in [-0.25, -0.2) is 13.2 Å². The third-order valence-corrected chi connectivity index (χ3v) is 5.23. The molecule has 21 heavy (non-hydrogen) atoms. The van der Waals surface area contributed by atoms with Crippen molar-refractivity contribution in [1.82, 2.24) is 5.32 Å². The molecule has 1 rings (SSSR count). The fourth-order valence-corrected chi connectivity index (χ4v) is 2.92. The summed E-state index contributed by atoms with van der Waals surface area (Å²) < 4.78 is 22.9. The molecule has 0 fully saturated rings. The van der Waals surface area contributed by atoms with Gasteiger partial charge in [0.25, 0.3) is 5.91 Å². The number of aryl methyl sites for hydroxylation is 1. The number of aliphatic carboxylic acids is 1. The van der Waals surface area contributed by atoms with Crippen molar-refractivity contribution in [2.45, 2.75) is 19.4 Å². The third-order valence-electron chi connectivity index (χ3n) is 2.82. The van der Waals surface area contributed by atoms with Crippen LogP contribution < -0.4 is 5.32 Å². The van der Waals surface area contributed by atoms with Crippen molar-refractivity contribution in [3.05, 3.63) is 32.9 Å². The SMILES string of the molecule is Cc1cccc(C(=O)NC(CCS(C)(=O)=O)C(=O)O)c1I. The van der Waals surface area contributed by atoms with Crippen molar-refractivity contribution < 1.29 is 23.1 Å². The molecule has 0 spiro atoms. The van der Waals surface area contributed by atoms with Gasteiger partial charge in [0.1, 0.15) is 15.9 Å². The van der Waals surface area contributed by atoms with Crippen LogP contribution in [0.4, 0.5) is 0 Å². The molecule has 1 amide bonds. The molecular weight excluding hydrogens is 409 g/mol. The molecule has 8 heteroatoms. The second-order valence-corrected chi connectivity index (χ2v) is 8.06. The Hall–Kier alpha value is -1.16. The van der Waals surface area contributed by atoms with Gasteiger partial charge in [0.05, 0.1) is 11.3 Å². The number of hydrogen-bond donors (Lipinski definition) is 2. The number of halogens is 1. The number of carbonyl (C=O) groups excluding carboxylic acids is 1. The maximum absolute atomic E-state index is 12.1. The van der Waals surface area contributed by atoms with Gasteiger partial charge in [-0.1, -0.05) is 12.1 Å². The van der Waals surface area contributed by atoms with Crippen LogP contribution in [0.1, 0.15) is 22.3 Å². The summed E-state index contributed by atoms with van der Waals surface area (Å²) >= 11 is 2.01. The van der Waals surface area contributed by atoms with Gasteiger partial charge in [-0.05, 0) is 47.6 Å². The first kappa shape index (κ1) is 17.9. The number of rotatable bonds is 6. The molecule has 1 atom stereocenters. The third kappa shape index (κ3) is 5.62. The highest BCUT2D eigenvalue weighted by Gasteiger charge is 2.23. The zero-order valence-corrected chi connectivity index (χ0v) is 14.6. The summed E-state index contributed by atoms with van der Waals surface area (Å²) in [6, 6.07) is 3.92. The van der Waals surface area contributed by atoms with Crippen molar-refractivity contribution in [1.29, 1.82) is 0 Å². The maximum Gasteiger partial charge on any atom is 0.326 e. The summed E-state index contributed by atoms with van der Waals surface area (Å²) in [5.41, 5.74) is 1.28. The Bertz CT molecular complexity index is 657. The van der Waals surface area contributed by atoms with Crippen LogP contribution in [0, 0.1) is 10.5 Å². The van der Waals surface area contributed by atoms with Crippen LogP contribution in [0.5, 0.6) is 0 Å². The van der Waals surface area contributed by atoms with E-state index < -0.39 is 27.8 Å². The van der Waals surface area contributed by atoms with Crippen LogP contribution in [0.25, 0.3) is 0 Å². The van der Waals surface area contributed by atoms with Crippen molar-refractivity contribution in [2.75, 3.05) is 12.0 Å². The van der Waals surface area contributed by atoms with Gasteiger partial charge >= 0.3 is 5.97 Å². The van der Waals surface area contributed by atoms with E-state index in [1.807, 2.05) is 35.6 Å². The quantitative estimate of drug-likeness (QED) is 0.668. The van der Waals surface area contributed by atoms with Crippen LogP contribution in [-0.4, -0.2) is 43.5 Å². The number of amides is 1. The first-order valence-electron chi connectivity index (χ1n) is 6.08. The van der Waals surface area contributed by atoms with Crippen LogP contribution in [0.3, 0.4) is 0 Å². The van der Waals surface area contributed by atoms with E-state index >= 15 is 0 Å². The van der Waals surface area contributed by atoms with Crippen molar-refractivity contribution >= 4 is 44.3 Å². The van der Waals surface area contributed by atoms with E-state index in [1.165, 1.54) is 0 Å². The van der Waals surface area contributed by atoms with E-state index in [1.54, 1.807) is 12.1 Å². The van der Waals surface area contributed by atoms with E-state index in [0.29, 0.717) is 5.56 Å². The Kier molecular flexibility index (Phi) is 6.14. The minimum atomic E-state index is -3.28. The fraction of sp³-hybridized carbons (Fsp3) is 0.385. The van der Waals surface area contributed by atoms with E-state index in [9.17, 15) is 18.0 Å². The van der Waals surface area contributed by atoms with Crippen molar-refractivity contribution in [3.8, 4) is 0 Å². The van der Waals surface area contributed by atoms with E-state index in [-0.39, 0.29) is 12.2 Å². The molecule has 116 valence electrons. The summed E-state index contributed by atoms with van der Waals surface area (Å²) in [4.78, 5) is 23.3. The monoisotopic (exact) mass is 425 g/mol. The number of benzene rings is 1. The number of carboxylic acids is 1. The lowest BCUT2D eigenvalue weighted by Crippen LogP contribution is -2.42. The Morgan fingerprint density at radius 1 is 1.38 bits per heavy atom. The largest absolute Gasteiger partial charge is 0.480 e. The molecule has 0 radical (unpaired) electrons.